The van der Waals surface area contributed by atoms with Crippen molar-refractivity contribution in [1.82, 2.24) is 14.5 Å². The van der Waals surface area contributed by atoms with Crippen LogP contribution in [-0.4, -0.2) is 38.7 Å². The smallest absolute Gasteiger partial charge is 0.262 e. The van der Waals surface area contributed by atoms with E-state index in [-0.39, 0.29) is 34.6 Å². The number of nitrogens with zero attached hydrogens (tertiary/aromatic N) is 3. The van der Waals surface area contributed by atoms with Gasteiger partial charge in [-0.25, -0.2) is 4.98 Å². The number of likely N-dealkylation sites (tertiary alicyclic amines) is 1. The average Bonchev–Trinajstić information content (AvgIpc) is 3.32. The Bertz CT molecular complexity index is 1270. The van der Waals surface area contributed by atoms with Gasteiger partial charge >= 0.3 is 0 Å². The van der Waals surface area contributed by atoms with Gasteiger partial charge in [-0.2, -0.15) is 0 Å². The first-order valence-electron chi connectivity index (χ1n) is 11.3. The van der Waals surface area contributed by atoms with Crippen LogP contribution in [0.3, 0.4) is 0 Å². The summed E-state index contributed by atoms with van der Waals surface area (Å²) in [6.45, 7) is 7.97. The third kappa shape index (κ3) is 4.45. The molecule has 1 aliphatic carbocycles. The molecule has 3 aromatic rings. The second-order valence-corrected chi connectivity index (χ2v) is 11.9. The zero-order valence-electron chi connectivity index (χ0n) is 19.1. The maximum atomic E-state index is 13.3. The van der Waals surface area contributed by atoms with Crippen LogP contribution < -0.4 is 5.56 Å². The lowest BCUT2D eigenvalue weighted by atomic mass is 9.65. The van der Waals surface area contributed by atoms with E-state index in [1.165, 1.54) is 11.8 Å². The molecule has 0 N–H and O–H groups in total. The summed E-state index contributed by atoms with van der Waals surface area (Å²) in [5.74, 6) is 1.00. The van der Waals surface area contributed by atoms with Crippen molar-refractivity contribution in [2.75, 3.05) is 12.3 Å². The summed E-state index contributed by atoms with van der Waals surface area (Å²) >= 11 is 7.46. The van der Waals surface area contributed by atoms with E-state index in [2.05, 4.69) is 25.7 Å². The van der Waals surface area contributed by atoms with Crippen molar-refractivity contribution in [1.29, 1.82) is 0 Å². The fourth-order valence-corrected chi connectivity index (χ4v) is 6.99. The average molecular weight is 486 g/mol. The molecule has 1 aliphatic heterocycles. The maximum absolute atomic E-state index is 13.3. The van der Waals surface area contributed by atoms with Gasteiger partial charge in [0.25, 0.3) is 5.56 Å². The van der Waals surface area contributed by atoms with Crippen LogP contribution in [0.2, 0.25) is 5.02 Å². The number of fused-ring (bicyclic) bond motifs is 3. The van der Waals surface area contributed by atoms with Crippen LogP contribution in [0, 0.1) is 10.8 Å². The Hall–Kier alpha value is -2.25. The minimum atomic E-state index is -0.172. The molecule has 1 aromatic carbocycles. The molecule has 2 aromatic heterocycles. The van der Waals surface area contributed by atoms with Crippen molar-refractivity contribution < 1.29 is 9.21 Å². The van der Waals surface area contributed by atoms with E-state index in [1.54, 1.807) is 35.1 Å². The number of carbonyl (C=O) groups excluding carboxylic acids is 1. The molecule has 33 heavy (non-hydrogen) atoms. The molecule has 0 unspecified atom stereocenters. The molecule has 1 saturated heterocycles. The predicted molar refractivity (Wildman–Crippen MR) is 131 cm³/mol. The number of benzene rings is 1. The van der Waals surface area contributed by atoms with Gasteiger partial charge in [0.2, 0.25) is 5.91 Å². The standard InChI is InChI=1S/C25H28ClN3O3S/c1-24(2)10-17-11-25(3,14-24)15-29(17)21(30)13-33-23-27-20-9-16(26)6-7-19(20)22(31)28(23)12-18-5-4-8-32-18/h4-9,17H,10-15H2,1-3H3/t17-,25+/m0/s1. The summed E-state index contributed by atoms with van der Waals surface area (Å²) in [7, 11) is 0. The van der Waals surface area contributed by atoms with Crippen LogP contribution >= 0.6 is 23.4 Å². The van der Waals surface area contributed by atoms with Crippen molar-refractivity contribution in [2.24, 2.45) is 10.8 Å². The fourth-order valence-electron chi connectivity index (χ4n) is 5.94. The quantitative estimate of drug-likeness (QED) is 0.366. The minimum Gasteiger partial charge on any atom is -0.467 e. The van der Waals surface area contributed by atoms with Crippen molar-refractivity contribution >= 4 is 40.2 Å². The van der Waals surface area contributed by atoms with Gasteiger partial charge in [0.15, 0.2) is 5.16 Å². The van der Waals surface area contributed by atoms with Crippen molar-refractivity contribution in [3.8, 4) is 0 Å². The van der Waals surface area contributed by atoms with Crippen LogP contribution in [0.5, 0.6) is 0 Å². The van der Waals surface area contributed by atoms with Crippen LogP contribution in [0.25, 0.3) is 10.9 Å². The van der Waals surface area contributed by atoms with Crippen LogP contribution in [0.15, 0.2) is 51.0 Å². The second-order valence-electron chi connectivity index (χ2n) is 10.6. The van der Waals surface area contributed by atoms with Crippen molar-refractivity contribution in [3.63, 3.8) is 0 Å². The molecule has 1 amide bonds. The molecule has 2 bridgehead atoms. The molecule has 2 aliphatic rings. The Balaban J connectivity index is 1.42. The Labute approximate surface area is 202 Å². The van der Waals surface area contributed by atoms with Gasteiger partial charge in [-0.05, 0) is 60.4 Å². The highest BCUT2D eigenvalue weighted by molar-refractivity contribution is 7.99. The lowest BCUT2D eigenvalue weighted by Crippen LogP contribution is -2.38. The van der Waals surface area contributed by atoms with Crippen LogP contribution in [-0.2, 0) is 11.3 Å². The summed E-state index contributed by atoms with van der Waals surface area (Å²) in [5.41, 5.74) is 0.799. The number of carbonyl (C=O) groups is 1. The highest BCUT2D eigenvalue weighted by atomic mass is 35.5. The summed E-state index contributed by atoms with van der Waals surface area (Å²) in [6, 6.07) is 8.98. The largest absolute Gasteiger partial charge is 0.467 e. The van der Waals surface area contributed by atoms with E-state index in [0.29, 0.717) is 32.9 Å². The minimum absolute atomic E-state index is 0.108. The van der Waals surface area contributed by atoms with Gasteiger partial charge in [-0.15, -0.1) is 0 Å². The van der Waals surface area contributed by atoms with E-state index in [4.69, 9.17) is 21.0 Å². The van der Waals surface area contributed by atoms with Gasteiger partial charge in [0.1, 0.15) is 5.76 Å². The van der Waals surface area contributed by atoms with Crippen LogP contribution in [0.1, 0.15) is 45.8 Å². The van der Waals surface area contributed by atoms with Crippen LogP contribution in [0.4, 0.5) is 0 Å². The monoisotopic (exact) mass is 485 g/mol. The van der Waals surface area contributed by atoms with Crippen molar-refractivity contribution in [2.45, 2.75) is 57.8 Å². The molecule has 2 atom stereocenters. The SMILES string of the molecule is CC1(C)C[C@H]2C[C@@](C)(CN2C(=O)CSc2nc3cc(Cl)ccc3c(=O)n2Cc2ccco2)C1. The number of thioether (sulfide) groups is 1. The van der Waals surface area contributed by atoms with E-state index in [9.17, 15) is 9.59 Å². The Morgan fingerprint density at radius 1 is 1.27 bits per heavy atom. The zero-order chi connectivity index (χ0) is 23.4. The molecule has 6 nitrogen and oxygen atoms in total. The van der Waals surface area contributed by atoms with Gasteiger partial charge < -0.3 is 9.32 Å². The van der Waals surface area contributed by atoms with E-state index in [1.807, 2.05) is 6.07 Å². The Kier molecular flexibility index (Phi) is 5.60. The number of halogens is 1. The second kappa shape index (κ2) is 8.20. The molecule has 0 spiro atoms. The van der Waals surface area contributed by atoms with E-state index < -0.39 is 0 Å². The highest BCUT2D eigenvalue weighted by Gasteiger charge is 2.50. The topological polar surface area (TPSA) is 68.3 Å². The van der Waals surface area contributed by atoms with Crippen molar-refractivity contribution in [3.05, 3.63) is 57.7 Å². The number of hydrogen-bond donors (Lipinski definition) is 0. The number of furan rings is 1. The van der Waals surface area contributed by atoms with E-state index >= 15 is 0 Å². The highest BCUT2D eigenvalue weighted by Crippen LogP contribution is 2.52. The van der Waals surface area contributed by atoms with Gasteiger partial charge in [-0.1, -0.05) is 44.1 Å². The molecule has 174 valence electrons. The number of aromatic nitrogens is 2. The first kappa shape index (κ1) is 22.5. The normalized spacial score (nSPS) is 23.9. The first-order valence-corrected chi connectivity index (χ1v) is 12.6. The van der Waals surface area contributed by atoms with Gasteiger partial charge in [0.05, 0.1) is 29.5 Å². The zero-order valence-corrected chi connectivity index (χ0v) is 20.7. The molecular formula is C25H28ClN3O3S. The number of amides is 1. The predicted octanol–water partition coefficient (Wildman–Crippen LogP) is 5.21. The molecule has 2 fully saturated rings. The molecule has 8 heteroatoms. The third-order valence-electron chi connectivity index (χ3n) is 6.84. The molecule has 3 heterocycles. The maximum Gasteiger partial charge on any atom is 0.262 e. The lowest BCUT2D eigenvalue weighted by Gasteiger charge is -2.39. The molecule has 0 radical (unpaired) electrons. The first-order chi connectivity index (χ1) is 15.6. The number of hydrogen-bond acceptors (Lipinski definition) is 5. The van der Waals surface area contributed by atoms with Gasteiger partial charge in [-0.3, -0.25) is 14.2 Å². The fraction of sp³-hybridized carbons (Fsp3) is 0.480. The number of rotatable bonds is 5. The summed E-state index contributed by atoms with van der Waals surface area (Å²) in [5, 5.41) is 1.50. The van der Waals surface area contributed by atoms with E-state index in [0.717, 1.165) is 25.8 Å². The summed E-state index contributed by atoms with van der Waals surface area (Å²) in [4.78, 5) is 33.3. The molecular weight excluding hydrogens is 458 g/mol. The summed E-state index contributed by atoms with van der Waals surface area (Å²) < 4.78 is 7.05. The molecule has 5 rings (SSSR count). The lowest BCUT2D eigenvalue weighted by molar-refractivity contribution is -0.129. The summed E-state index contributed by atoms with van der Waals surface area (Å²) in [6.07, 6.45) is 4.83. The Morgan fingerprint density at radius 3 is 2.85 bits per heavy atom. The molecule has 1 saturated carbocycles. The third-order valence-corrected chi connectivity index (χ3v) is 8.03. The Morgan fingerprint density at radius 2 is 2.09 bits per heavy atom. The van der Waals surface area contributed by atoms with Gasteiger partial charge in [0, 0.05) is 17.6 Å².